The molecule has 0 aliphatic carbocycles. The maximum absolute atomic E-state index is 12.4. The molecule has 1 fully saturated rings. The van der Waals surface area contributed by atoms with E-state index in [-0.39, 0.29) is 24.1 Å². The van der Waals surface area contributed by atoms with Gasteiger partial charge in [0, 0.05) is 35.3 Å². The fourth-order valence-electron chi connectivity index (χ4n) is 4.00. The first-order chi connectivity index (χ1) is 23.8. The Morgan fingerprint density at radius 3 is 2.31 bits per heavy atom. The first-order valence-electron chi connectivity index (χ1n) is 13.9. The van der Waals surface area contributed by atoms with Crippen molar-refractivity contribution in [2.45, 2.75) is 24.9 Å². The van der Waals surface area contributed by atoms with E-state index in [1.54, 1.807) is 0 Å². The van der Waals surface area contributed by atoms with Crippen LogP contribution in [0.15, 0.2) is 51.2 Å². The van der Waals surface area contributed by atoms with Crippen molar-refractivity contribution >= 4 is 53.0 Å². The van der Waals surface area contributed by atoms with E-state index >= 15 is 0 Å². The lowest BCUT2D eigenvalue weighted by molar-refractivity contribution is -0.125. The molecule has 5 atom stereocenters. The van der Waals surface area contributed by atoms with Crippen LogP contribution in [0.5, 0.6) is 0 Å². The van der Waals surface area contributed by atoms with E-state index < -0.39 is 90.6 Å². The molecule has 1 aliphatic rings. The highest BCUT2D eigenvalue weighted by Gasteiger charge is 2.43. The molecule has 0 spiro atoms. The third-order valence-corrected chi connectivity index (χ3v) is 9.99. The number of carbonyl (C=O) groups is 3. The van der Waals surface area contributed by atoms with Gasteiger partial charge in [0.2, 0.25) is 11.8 Å². The van der Waals surface area contributed by atoms with Crippen LogP contribution in [0.1, 0.15) is 28.6 Å². The second kappa shape index (κ2) is 17.8. The predicted octanol–water partition coefficient (Wildman–Crippen LogP) is -0.854. The Bertz CT molecular complexity index is 1960. The molecule has 9 N–H and O–H groups in total. The number of benzene rings is 1. The van der Waals surface area contributed by atoms with E-state index in [0.717, 1.165) is 10.8 Å². The Kier molecular flexibility index (Phi) is 14.3. The van der Waals surface area contributed by atoms with Gasteiger partial charge in [0.1, 0.15) is 12.3 Å². The van der Waals surface area contributed by atoms with E-state index in [4.69, 9.17) is 20.1 Å². The molecule has 3 rings (SSSR count). The van der Waals surface area contributed by atoms with Gasteiger partial charge in [-0.15, -0.1) is 0 Å². The van der Waals surface area contributed by atoms with Gasteiger partial charge < -0.3 is 45.4 Å². The molecule has 0 saturated carbocycles. The maximum Gasteiger partial charge on any atom is 0.490 e. The summed E-state index contributed by atoms with van der Waals surface area (Å²) < 4.78 is 52.1. The monoisotopic (exact) mass is 782 g/mol. The van der Waals surface area contributed by atoms with Crippen LogP contribution < -0.4 is 27.2 Å². The molecular formula is C23H29N8O17P3. The Morgan fingerprint density at radius 2 is 1.67 bits per heavy atom. The summed E-state index contributed by atoms with van der Waals surface area (Å²) in [6, 6.07) is 5.59. The second-order valence-electron chi connectivity index (χ2n) is 9.97. The molecule has 2 aromatic rings. The number of nitrogens with zero attached hydrogens (tertiary/aromatic N) is 4. The SMILES string of the molecule is [N-]=[N+]=Nc1ccc(C(=O)NCC(=O)NCC(=O)NC/C=C/c2cn([C@H]3C[C@H](O)[C@@H](COP(=O)(O)OP(=O)(O)OP(=O)(O)O)O3)c(=O)[nH]c2=O)cc1. The van der Waals surface area contributed by atoms with Gasteiger partial charge >= 0.3 is 29.2 Å². The molecule has 25 nitrogen and oxygen atoms in total. The first-order valence-corrected chi connectivity index (χ1v) is 18.4. The second-order valence-corrected chi connectivity index (χ2v) is 14.4. The normalized spacial score (nSPS) is 19.7. The van der Waals surface area contributed by atoms with E-state index in [0.29, 0.717) is 5.69 Å². The predicted molar refractivity (Wildman–Crippen MR) is 168 cm³/mol. The molecule has 2 unspecified atom stereocenters. The van der Waals surface area contributed by atoms with Crippen LogP contribution in [0.3, 0.4) is 0 Å². The van der Waals surface area contributed by atoms with Crippen LogP contribution in [0, 0.1) is 0 Å². The van der Waals surface area contributed by atoms with Gasteiger partial charge in [0.25, 0.3) is 11.5 Å². The summed E-state index contributed by atoms with van der Waals surface area (Å²) in [7, 11) is -16.9. The summed E-state index contributed by atoms with van der Waals surface area (Å²) in [5.41, 5.74) is 6.96. The molecule has 28 heteroatoms. The van der Waals surface area contributed by atoms with E-state index in [1.165, 1.54) is 36.4 Å². The lowest BCUT2D eigenvalue weighted by atomic mass is 10.2. The largest absolute Gasteiger partial charge is 0.490 e. The Morgan fingerprint density at radius 1 is 1.02 bits per heavy atom. The zero-order chi connectivity index (χ0) is 38.0. The number of amides is 3. The van der Waals surface area contributed by atoms with Crippen LogP contribution in [-0.4, -0.2) is 90.4 Å². The van der Waals surface area contributed by atoms with Crippen LogP contribution in [-0.2, 0) is 41.2 Å². The standard InChI is InChI=1S/C23H29N8O17P3/c24-30-29-15-5-3-13(4-6-15)21(35)27-10-19(34)26-9-18(33)25-7-1-2-14-11-31(23(37)28-22(14)36)20-8-16(32)17(46-20)12-45-50(41,42)48-51(43,44)47-49(38,39)40/h1-6,11,16-17,20,32H,7-10,12H2,(H,25,33)(H,26,34)(H,27,35)(H,41,42)(H,43,44)(H,28,36,37)(H2,38,39,40)/b2-1+/t16-,17+,20+/m0/s1. The molecule has 0 radical (unpaired) electrons. The lowest BCUT2D eigenvalue weighted by Gasteiger charge is -2.19. The van der Waals surface area contributed by atoms with Crippen molar-refractivity contribution in [1.82, 2.24) is 25.5 Å². The zero-order valence-corrected chi connectivity index (χ0v) is 28.3. The summed E-state index contributed by atoms with van der Waals surface area (Å²) in [5, 5.41) is 20.8. The molecule has 3 amide bonds. The van der Waals surface area contributed by atoms with Crippen molar-refractivity contribution in [3.63, 3.8) is 0 Å². The van der Waals surface area contributed by atoms with Gasteiger partial charge in [-0.05, 0) is 17.7 Å². The topological polar surface area (TPSA) is 380 Å². The van der Waals surface area contributed by atoms with Gasteiger partial charge in [-0.25, -0.2) is 18.5 Å². The number of nitrogens with one attached hydrogen (secondary N) is 4. The number of aromatic nitrogens is 2. The number of carbonyl (C=O) groups excluding carboxylic acids is 3. The fraction of sp³-hybridized carbons (Fsp3) is 0.348. The first kappa shape index (κ1) is 41.1. The minimum absolute atomic E-state index is 0.116. The number of aromatic amines is 1. The van der Waals surface area contributed by atoms with Crippen LogP contribution in [0.4, 0.5) is 5.69 Å². The lowest BCUT2D eigenvalue weighted by Crippen LogP contribution is -2.42. The summed E-state index contributed by atoms with van der Waals surface area (Å²) in [6.45, 7) is -2.04. The highest BCUT2D eigenvalue weighted by atomic mass is 31.3. The van der Waals surface area contributed by atoms with Crippen LogP contribution >= 0.6 is 23.5 Å². The minimum atomic E-state index is -5.78. The summed E-state index contributed by atoms with van der Waals surface area (Å²) in [5.74, 6) is -1.90. The van der Waals surface area contributed by atoms with Gasteiger partial charge in [0.05, 0.1) is 31.4 Å². The number of rotatable bonds is 17. The zero-order valence-electron chi connectivity index (χ0n) is 25.6. The molecule has 2 heterocycles. The Labute approximate surface area is 284 Å². The highest BCUT2D eigenvalue weighted by Crippen LogP contribution is 2.66. The van der Waals surface area contributed by atoms with Crippen molar-refractivity contribution in [2.75, 3.05) is 26.2 Å². The van der Waals surface area contributed by atoms with E-state index in [2.05, 4.69) is 39.1 Å². The number of hydrogen-bond donors (Lipinski definition) is 9. The molecule has 278 valence electrons. The summed E-state index contributed by atoms with van der Waals surface area (Å²) in [6.07, 6.45) is -0.918. The van der Waals surface area contributed by atoms with Crippen molar-refractivity contribution in [2.24, 2.45) is 5.11 Å². The van der Waals surface area contributed by atoms with Crippen LogP contribution in [0.2, 0.25) is 0 Å². The molecule has 51 heavy (non-hydrogen) atoms. The Balaban J connectivity index is 1.47. The van der Waals surface area contributed by atoms with E-state index in [9.17, 15) is 52.6 Å². The van der Waals surface area contributed by atoms with Crippen molar-refractivity contribution < 1.29 is 70.6 Å². The number of ether oxygens (including phenoxy) is 1. The molecular weight excluding hydrogens is 753 g/mol. The highest BCUT2D eigenvalue weighted by molar-refractivity contribution is 7.66. The number of aliphatic hydroxyl groups is 1. The number of phosphoric ester groups is 1. The number of H-pyrrole nitrogens is 1. The number of aliphatic hydroxyl groups excluding tert-OH is 1. The van der Waals surface area contributed by atoms with Crippen molar-refractivity contribution in [1.29, 1.82) is 0 Å². The average molecular weight is 782 g/mol. The average Bonchev–Trinajstić information content (AvgIpc) is 3.39. The molecule has 1 saturated heterocycles. The summed E-state index contributed by atoms with van der Waals surface area (Å²) in [4.78, 5) is 102. The third-order valence-electron chi connectivity index (χ3n) is 6.19. The molecule has 1 aliphatic heterocycles. The van der Waals surface area contributed by atoms with Crippen molar-refractivity contribution in [3.05, 3.63) is 78.9 Å². The number of azide groups is 1. The number of hydrogen-bond acceptors (Lipinski definition) is 14. The van der Waals surface area contributed by atoms with Crippen molar-refractivity contribution in [3.8, 4) is 0 Å². The van der Waals surface area contributed by atoms with Gasteiger partial charge in [-0.3, -0.25) is 33.3 Å². The molecule has 1 aromatic carbocycles. The summed E-state index contributed by atoms with van der Waals surface area (Å²) >= 11 is 0. The molecule has 0 bridgehead atoms. The quantitative estimate of drug-likeness (QED) is 0.0408. The van der Waals surface area contributed by atoms with Crippen LogP contribution in [0.25, 0.3) is 16.5 Å². The van der Waals surface area contributed by atoms with Gasteiger partial charge in [0.15, 0.2) is 0 Å². The van der Waals surface area contributed by atoms with Gasteiger partial charge in [-0.2, -0.15) is 8.62 Å². The smallest absolute Gasteiger partial charge is 0.390 e. The van der Waals surface area contributed by atoms with E-state index in [1.807, 2.05) is 4.98 Å². The fourth-order valence-corrected chi connectivity index (χ4v) is 7.03. The molecule has 1 aromatic heterocycles. The number of phosphoric acid groups is 3. The minimum Gasteiger partial charge on any atom is -0.390 e. The Hall–Kier alpha value is -4.31. The van der Waals surface area contributed by atoms with Gasteiger partial charge in [-0.1, -0.05) is 29.4 Å². The third kappa shape index (κ3) is 13.7. The maximum atomic E-state index is 12.4.